The van der Waals surface area contributed by atoms with Crippen LogP contribution in [-0.4, -0.2) is 390 Å². The molecule has 135 heavy (non-hydrogen) atoms. The second kappa shape index (κ2) is 63.0. The van der Waals surface area contributed by atoms with E-state index in [1.807, 2.05) is 0 Å². The van der Waals surface area contributed by atoms with E-state index < -0.39 is 302 Å². The molecule has 6 rings (SSSR count). The van der Waals surface area contributed by atoms with Gasteiger partial charge in [0.25, 0.3) is 11.6 Å². The van der Waals surface area contributed by atoms with Crippen LogP contribution in [0.15, 0.2) is 0 Å². The first-order chi connectivity index (χ1) is 64.6. The third kappa shape index (κ3) is 37.2. The number of hydrogen-bond donors (Lipinski definition) is 24. The Morgan fingerprint density at radius 3 is 1.10 bits per heavy atom. The number of aliphatic hydroxyl groups is 19. The van der Waals surface area contributed by atoms with Crippen LogP contribution in [0.5, 0.6) is 0 Å². The first-order valence-corrected chi connectivity index (χ1v) is 49.8. The van der Waals surface area contributed by atoms with E-state index in [2.05, 4.69) is 29.8 Å². The highest BCUT2D eigenvalue weighted by Crippen LogP contribution is 2.45. The zero-order chi connectivity index (χ0) is 99.5. The van der Waals surface area contributed by atoms with Gasteiger partial charge in [-0.15, -0.1) is 0 Å². The first-order valence-electron chi connectivity index (χ1n) is 49.8. The molecule has 0 aliphatic carbocycles. The summed E-state index contributed by atoms with van der Waals surface area (Å²) in [5.41, 5.74) is 0. The minimum Gasteiger partial charge on any atom is -0.477 e. The Bertz CT molecular complexity index is 3300. The molecule has 42 nitrogen and oxygen atoms in total. The van der Waals surface area contributed by atoms with Gasteiger partial charge in [-0.1, -0.05) is 239 Å². The molecule has 2 unspecified atom stereocenters. The van der Waals surface area contributed by atoms with Crippen LogP contribution in [0.3, 0.4) is 0 Å². The summed E-state index contributed by atoms with van der Waals surface area (Å²) in [6.45, 7) is -0.491. The second-order valence-corrected chi connectivity index (χ2v) is 37.8. The third-order valence-electron chi connectivity index (χ3n) is 26.7. The number of nitrogens with one attached hydrogen (secondary N) is 3. The number of carboxylic acids is 2. The highest BCUT2D eigenvalue weighted by Gasteiger charge is 2.64. The standard InChI is InChI=1S/C93H167N3O39/c1-6-8-10-12-14-16-18-20-21-22-23-24-25-26-27-28-29-31-33-35-37-39-41-43-68(111)96-58(59(106)42-40-38-36-34-32-30-19-17-15-13-11-9-7-2)53-124-87-76(117)75(116)80(66(51-101)127-87)130-89-78(119)85(135-93(91(122)123)46-61(108)70(95-56(5)105)83(133-93)72(113)63(110)48-98)81(67(52-102)128-89)131-86-57(44-54(3)103)79(73(114)64(49-99)125-86)129-88-77(118)84(74(115)65(50-100)126-88)134-92(90(120)121)45-60(107)69(94-55(4)104)82(132-92)71(112)62(109)47-97/h57-67,69-89,97-102,106-110,112-119H,6-53H2,1-5H3,(H,94,104)(H,95,105)(H,96,111)(H,120,121)(H,122,123)/t57-,58+,59-,60+,61+,62-,63-,64-,65-,66-,67-,69-,70-,71-,72-,73+,74+,75-,76-,77-,78-,79-,80-,81+,82?,83?,84+,85-,86+,87-,88+,89+,92+,93+/m1/s1. The van der Waals surface area contributed by atoms with Gasteiger partial charge in [0.15, 0.2) is 25.2 Å². The first kappa shape index (κ1) is 119. The van der Waals surface area contributed by atoms with Crippen molar-refractivity contribution < 1.29 is 193 Å². The number of Topliss-reactive ketones (excluding diaryl/α,β-unsaturated/α-hetero) is 1. The smallest absolute Gasteiger partial charge is 0.364 e. The van der Waals surface area contributed by atoms with Gasteiger partial charge in [0.05, 0.1) is 88.8 Å². The molecule has 6 saturated heterocycles. The lowest BCUT2D eigenvalue weighted by molar-refractivity contribution is -0.408. The van der Waals surface area contributed by atoms with Gasteiger partial charge >= 0.3 is 11.9 Å². The summed E-state index contributed by atoms with van der Waals surface area (Å²) in [5.74, 6) is -16.0. The number of aliphatic carboxylic acids is 2. The number of hydrogen-bond acceptors (Lipinski definition) is 37. The van der Waals surface area contributed by atoms with E-state index in [9.17, 15) is 136 Å². The van der Waals surface area contributed by atoms with Gasteiger partial charge < -0.3 is 185 Å². The lowest BCUT2D eigenvalue weighted by atomic mass is 9.86. The molecule has 6 aliphatic heterocycles. The van der Waals surface area contributed by atoms with Gasteiger partial charge in [-0.3, -0.25) is 14.4 Å². The highest BCUT2D eigenvalue weighted by molar-refractivity contribution is 5.78. The molecule has 3 amide bonds. The van der Waals surface area contributed by atoms with Gasteiger partial charge in [-0.05, 0) is 19.8 Å². The molecule has 0 radical (unpaired) electrons. The number of rotatable bonds is 69. The Morgan fingerprint density at radius 2 is 0.719 bits per heavy atom. The number of ether oxygens (including phenoxy) is 12. The average molecular weight is 1950 g/mol. The Balaban J connectivity index is 1.23. The van der Waals surface area contributed by atoms with E-state index in [1.54, 1.807) is 0 Å². The number of amides is 3. The van der Waals surface area contributed by atoms with Crippen molar-refractivity contribution in [3.8, 4) is 0 Å². The lowest BCUT2D eigenvalue weighted by Gasteiger charge is -2.53. The lowest BCUT2D eigenvalue weighted by Crippen LogP contribution is -2.71. The van der Waals surface area contributed by atoms with E-state index in [0.717, 1.165) is 85.0 Å². The van der Waals surface area contributed by atoms with Crippen molar-refractivity contribution in [2.75, 3.05) is 46.2 Å². The summed E-state index contributed by atoms with van der Waals surface area (Å²) in [4.78, 5) is 80.0. The van der Waals surface area contributed by atoms with E-state index in [1.165, 1.54) is 154 Å². The zero-order valence-corrected chi connectivity index (χ0v) is 79.7. The molecule has 6 fully saturated rings. The zero-order valence-electron chi connectivity index (χ0n) is 79.7. The van der Waals surface area contributed by atoms with E-state index in [0.29, 0.717) is 12.8 Å². The maximum atomic E-state index is 14.1. The molecule has 6 aliphatic rings. The van der Waals surface area contributed by atoms with Crippen LogP contribution in [0, 0.1) is 5.92 Å². The molecule has 0 bridgehead atoms. The maximum Gasteiger partial charge on any atom is 0.364 e. The number of carbonyl (C=O) groups is 6. The fourth-order valence-electron chi connectivity index (χ4n) is 18.9. The van der Waals surface area contributed by atoms with Gasteiger partial charge in [0.2, 0.25) is 17.7 Å². The van der Waals surface area contributed by atoms with Crippen molar-refractivity contribution in [2.24, 2.45) is 5.92 Å². The molecule has 24 N–H and O–H groups in total. The van der Waals surface area contributed by atoms with Crippen molar-refractivity contribution in [3.63, 3.8) is 0 Å². The topological polar surface area (TPSA) is 674 Å². The van der Waals surface area contributed by atoms with Crippen LogP contribution in [0.2, 0.25) is 0 Å². The predicted molar refractivity (Wildman–Crippen MR) is 478 cm³/mol. The van der Waals surface area contributed by atoms with Crippen molar-refractivity contribution in [2.45, 2.75) is 499 Å². The number of aliphatic hydroxyl groups excluding tert-OH is 19. The van der Waals surface area contributed by atoms with Gasteiger partial charge in [-0.2, -0.15) is 0 Å². The van der Waals surface area contributed by atoms with Crippen LogP contribution >= 0.6 is 0 Å². The molecule has 0 aromatic carbocycles. The Morgan fingerprint density at radius 1 is 0.378 bits per heavy atom. The molecule has 6 heterocycles. The number of carboxylic acid groups (broad SMARTS) is 2. The molecule has 34 atom stereocenters. The average Bonchev–Trinajstić information content (AvgIpc) is 0.748. The van der Waals surface area contributed by atoms with E-state index >= 15 is 0 Å². The van der Waals surface area contributed by atoms with Crippen molar-refractivity contribution in [3.05, 3.63) is 0 Å². The predicted octanol–water partition coefficient (Wildman–Crippen LogP) is 0.567. The second-order valence-electron chi connectivity index (χ2n) is 37.8. The summed E-state index contributed by atoms with van der Waals surface area (Å²) < 4.78 is 73.0. The van der Waals surface area contributed by atoms with Crippen molar-refractivity contribution in [1.29, 1.82) is 0 Å². The summed E-state index contributed by atoms with van der Waals surface area (Å²) in [7, 11) is 0. The SMILES string of the molecule is CCCCCCCCCCCCCCCCCCCCCCCCCC(=O)N[C@@H](CO[C@@H]1O[C@H](CO)[C@@H](O[C@@H]2O[C@H](CO)[C@H](O[C@@H]3O[C@H](CO)[C@H](O)[C@H](O[C@@H]4O[C@H](CO)[C@H](O)[C@H](O[C@]5(C(=O)O)C[C@H](O)[C@@H](NC(C)=O)C([C@H](O)[C@H](O)CO)O5)[C@H]4O)[C@H]3CC(C)=O)[C@H](O[C@]3(C(=O)O)C[C@H](O)[C@@H](NC(C)=O)C([C@H](O)[C@H](O)CO)O3)[C@H]2O)[C@H](O)[C@H]1O)[C@H](O)CCCCCCCCCCCCCCC. The summed E-state index contributed by atoms with van der Waals surface area (Å²) in [6.07, 6.45) is -22.9. The molecular formula is C93H167N3O39. The molecule has 0 saturated carbocycles. The number of unbranched alkanes of at least 4 members (excludes halogenated alkanes) is 34. The monoisotopic (exact) mass is 1950 g/mol. The molecule has 0 spiro atoms. The quantitative estimate of drug-likeness (QED) is 0.0370. The maximum absolute atomic E-state index is 14.1. The Kier molecular flexibility index (Phi) is 55.8. The molecular weight excluding hydrogens is 1780 g/mol. The fourth-order valence-corrected chi connectivity index (χ4v) is 18.9. The molecule has 0 aromatic rings. The summed E-state index contributed by atoms with van der Waals surface area (Å²) in [6, 6.07) is -4.68. The Labute approximate surface area is 792 Å². The van der Waals surface area contributed by atoms with Gasteiger partial charge in [-0.25, -0.2) is 9.59 Å². The third-order valence-corrected chi connectivity index (χ3v) is 26.7. The van der Waals surface area contributed by atoms with Gasteiger partial charge in [0.1, 0.15) is 128 Å². The van der Waals surface area contributed by atoms with Crippen LogP contribution in [0.4, 0.5) is 0 Å². The molecule has 0 aromatic heterocycles. The largest absolute Gasteiger partial charge is 0.477 e. The highest BCUT2D eigenvalue weighted by atomic mass is 16.8. The normalized spacial score (nSPS) is 33.7. The minimum absolute atomic E-state index is 0.123. The van der Waals surface area contributed by atoms with Crippen LogP contribution in [0.1, 0.15) is 298 Å². The van der Waals surface area contributed by atoms with E-state index in [4.69, 9.17) is 56.8 Å². The number of carbonyl (C=O) groups excluding carboxylic acids is 4. The van der Waals surface area contributed by atoms with Crippen LogP contribution in [0.25, 0.3) is 0 Å². The summed E-state index contributed by atoms with van der Waals surface area (Å²) >= 11 is 0. The minimum atomic E-state index is -3.48. The van der Waals surface area contributed by atoms with Crippen LogP contribution < -0.4 is 16.0 Å². The van der Waals surface area contributed by atoms with Crippen molar-refractivity contribution >= 4 is 35.4 Å². The number of ketones is 1. The molecule has 788 valence electrons. The molecule has 42 heteroatoms. The van der Waals surface area contributed by atoms with Crippen LogP contribution in [-0.2, 0) is 85.6 Å². The Hall–Kier alpha value is -4.22. The van der Waals surface area contributed by atoms with E-state index in [-0.39, 0.29) is 18.7 Å². The van der Waals surface area contributed by atoms with Gasteiger partial charge in [0, 0.05) is 45.4 Å². The van der Waals surface area contributed by atoms with Crippen molar-refractivity contribution in [1.82, 2.24) is 16.0 Å². The fraction of sp³-hybridized carbons (Fsp3) is 0.935. The summed E-state index contributed by atoms with van der Waals surface area (Å²) in [5, 5.41) is 246.